The zero-order chi connectivity index (χ0) is 14.5. The third-order valence-electron chi connectivity index (χ3n) is 3.82. The highest BCUT2D eigenvalue weighted by Crippen LogP contribution is 2.17. The van der Waals surface area contributed by atoms with Crippen LogP contribution in [0.4, 0.5) is 0 Å². The average Bonchev–Trinajstić information content (AvgIpc) is 2.92. The summed E-state index contributed by atoms with van der Waals surface area (Å²) in [5.41, 5.74) is 2.42. The summed E-state index contributed by atoms with van der Waals surface area (Å²) in [6.07, 6.45) is 3.49. The molecule has 1 atom stereocenters. The van der Waals surface area contributed by atoms with E-state index in [9.17, 15) is 4.79 Å². The SMILES string of the molecule is O=C(CC1CSCCN1)NCCc1c[nH]c2ccccc12. The third kappa shape index (κ3) is 3.80. The second kappa shape index (κ2) is 7.00. The number of hydrogen-bond donors (Lipinski definition) is 3. The molecule has 3 rings (SSSR count). The molecule has 3 N–H and O–H groups in total. The van der Waals surface area contributed by atoms with Crippen LogP contribution in [-0.4, -0.2) is 41.5 Å². The van der Waals surface area contributed by atoms with Gasteiger partial charge in [0.2, 0.25) is 5.91 Å². The smallest absolute Gasteiger partial charge is 0.221 e. The Morgan fingerprint density at radius 3 is 3.14 bits per heavy atom. The van der Waals surface area contributed by atoms with E-state index in [1.165, 1.54) is 10.9 Å². The molecule has 1 aromatic carbocycles. The van der Waals surface area contributed by atoms with Gasteiger partial charge < -0.3 is 15.6 Å². The Kier molecular flexibility index (Phi) is 4.83. The van der Waals surface area contributed by atoms with Crippen molar-refractivity contribution in [3.63, 3.8) is 0 Å². The van der Waals surface area contributed by atoms with Crippen molar-refractivity contribution in [2.45, 2.75) is 18.9 Å². The highest BCUT2D eigenvalue weighted by Gasteiger charge is 2.16. The van der Waals surface area contributed by atoms with E-state index in [4.69, 9.17) is 0 Å². The molecule has 5 heteroatoms. The number of benzene rings is 1. The molecule has 1 amide bonds. The Morgan fingerprint density at radius 2 is 2.29 bits per heavy atom. The largest absolute Gasteiger partial charge is 0.361 e. The standard InChI is InChI=1S/C16H21N3OS/c20-16(9-13-11-21-8-7-17-13)18-6-5-12-10-19-15-4-2-1-3-14(12)15/h1-4,10,13,17,19H,5-9,11H2,(H,18,20). The number of hydrogen-bond acceptors (Lipinski definition) is 3. The molecule has 21 heavy (non-hydrogen) atoms. The van der Waals surface area contributed by atoms with Crippen LogP contribution in [0, 0.1) is 0 Å². The molecule has 1 aliphatic rings. The maximum Gasteiger partial charge on any atom is 0.221 e. The van der Waals surface area contributed by atoms with E-state index in [1.54, 1.807) is 0 Å². The van der Waals surface area contributed by atoms with E-state index in [2.05, 4.69) is 27.8 Å². The molecular weight excluding hydrogens is 282 g/mol. The van der Waals surface area contributed by atoms with Crippen LogP contribution >= 0.6 is 11.8 Å². The van der Waals surface area contributed by atoms with E-state index in [-0.39, 0.29) is 5.91 Å². The average molecular weight is 303 g/mol. The van der Waals surface area contributed by atoms with Crippen molar-refractivity contribution >= 4 is 28.6 Å². The summed E-state index contributed by atoms with van der Waals surface area (Å²) in [6.45, 7) is 1.71. The van der Waals surface area contributed by atoms with Crippen molar-refractivity contribution in [2.75, 3.05) is 24.6 Å². The minimum absolute atomic E-state index is 0.148. The molecule has 112 valence electrons. The summed E-state index contributed by atoms with van der Waals surface area (Å²) in [6, 6.07) is 8.59. The fourth-order valence-corrected chi connectivity index (χ4v) is 3.67. The molecule has 0 saturated carbocycles. The van der Waals surface area contributed by atoms with Gasteiger partial charge in [0.05, 0.1) is 0 Å². The summed E-state index contributed by atoms with van der Waals surface area (Å²) in [5, 5.41) is 7.67. The number of aromatic amines is 1. The maximum absolute atomic E-state index is 11.9. The first-order valence-electron chi connectivity index (χ1n) is 7.46. The van der Waals surface area contributed by atoms with Gasteiger partial charge in [-0.05, 0) is 18.1 Å². The zero-order valence-electron chi connectivity index (χ0n) is 12.0. The Morgan fingerprint density at radius 1 is 1.38 bits per heavy atom. The lowest BCUT2D eigenvalue weighted by Crippen LogP contribution is -2.41. The number of carbonyl (C=O) groups is 1. The molecule has 1 unspecified atom stereocenters. The number of rotatable bonds is 5. The number of H-pyrrole nitrogens is 1. The minimum atomic E-state index is 0.148. The first kappa shape index (κ1) is 14.5. The molecule has 0 spiro atoms. The Labute approximate surface area is 129 Å². The van der Waals surface area contributed by atoms with Crippen LogP contribution in [0.3, 0.4) is 0 Å². The molecular formula is C16H21N3OS. The second-order valence-corrected chi connectivity index (χ2v) is 6.54. The number of para-hydroxylation sites is 1. The topological polar surface area (TPSA) is 56.9 Å². The van der Waals surface area contributed by atoms with Crippen LogP contribution in [0.5, 0.6) is 0 Å². The highest BCUT2D eigenvalue weighted by atomic mass is 32.2. The van der Waals surface area contributed by atoms with Gasteiger partial charge in [0.25, 0.3) is 0 Å². The summed E-state index contributed by atoms with van der Waals surface area (Å²) in [7, 11) is 0. The summed E-state index contributed by atoms with van der Waals surface area (Å²) in [5.74, 6) is 2.34. The van der Waals surface area contributed by atoms with Crippen molar-refractivity contribution in [1.29, 1.82) is 0 Å². The van der Waals surface area contributed by atoms with Gasteiger partial charge in [0.15, 0.2) is 0 Å². The van der Waals surface area contributed by atoms with E-state index in [0.29, 0.717) is 19.0 Å². The molecule has 1 saturated heterocycles. The number of fused-ring (bicyclic) bond motifs is 1. The van der Waals surface area contributed by atoms with Crippen LogP contribution < -0.4 is 10.6 Å². The third-order valence-corrected chi connectivity index (χ3v) is 4.95. The molecule has 0 radical (unpaired) electrons. The lowest BCUT2D eigenvalue weighted by atomic mass is 10.1. The van der Waals surface area contributed by atoms with E-state index in [0.717, 1.165) is 30.0 Å². The van der Waals surface area contributed by atoms with Crippen LogP contribution in [0.25, 0.3) is 10.9 Å². The fourth-order valence-electron chi connectivity index (χ4n) is 2.72. The van der Waals surface area contributed by atoms with Crippen LogP contribution in [-0.2, 0) is 11.2 Å². The normalized spacial score (nSPS) is 18.8. The van der Waals surface area contributed by atoms with Crippen molar-refractivity contribution in [2.24, 2.45) is 0 Å². The van der Waals surface area contributed by atoms with Crippen molar-refractivity contribution in [3.8, 4) is 0 Å². The Balaban J connectivity index is 1.46. The van der Waals surface area contributed by atoms with Gasteiger partial charge in [-0.15, -0.1) is 0 Å². The summed E-state index contributed by atoms with van der Waals surface area (Å²) >= 11 is 1.92. The van der Waals surface area contributed by atoms with Gasteiger partial charge >= 0.3 is 0 Å². The molecule has 1 aromatic heterocycles. The predicted octanol–water partition coefficient (Wildman–Crippen LogP) is 1.92. The zero-order valence-corrected chi connectivity index (χ0v) is 12.8. The highest BCUT2D eigenvalue weighted by molar-refractivity contribution is 7.99. The summed E-state index contributed by atoms with van der Waals surface area (Å²) < 4.78 is 0. The van der Waals surface area contributed by atoms with Crippen molar-refractivity contribution in [1.82, 2.24) is 15.6 Å². The molecule has 2 heterocycles. The van der Waals surface area contributed by atoms with Gasteiger partial charge in [0, 0.05) is 54.2 Å². The van der Waals surface area contributed by atoms with Crippen molar-refractivity contribution in [3.05, 3.63) is 36.0 Å². The number of thioether (sulfide) groups is 1. The molecule has 0 aliphatic carbocycles. The van der Waals surface area contributed by atoms with Gasteiger partial charge in [0.1, 0.15) is 0 Å². The fraction of sp³-hybridized carbons (Fsp3) is 0.438. The Bertz CT molecular complexity index is 604. The Hall–Kier alpha value is -1.46. The van der Waals surface area contributed by atoms with Gasteiger partial charge in [-0.3, -0.25) is 4.79 Å². The number of amides is 1. The lowest BCUT2D eigenvalue weighted by molar-refractivity contribution is -0.121. The lowest BCUT2D eigenvalue weighted by Gasteiger charge is -2.22. The second-order valence-electron chi connectivity index (χ2n) is 5.39. The van der Waals surface area contributed by atoms with Gasteiger partial charge in [-0.2, -0.15) is 11.8 Å². The van der Waals surface area contributed by atoms with Gasteiger partial charge in [-0.25, -0.2) is 0 Å². The van der Waals surface area contributed by atoms with Crippen molar-refractivity contribution < 1.29 is 4.79 Å². The molecule has 1 aliphatic heterocycles. The van der Waals surface area contributed by atoms with E-state index >= 15 is 0 Å². The first-order chi connectivity index (χ1) is 10.3. The van der Waals surface area contributed by atoms with Gasteiger partial charge in [-0.1, -0.05) is 18.2 Å². The van der Waals surface area contributed by atoms with E-state index in [1.807, 2.05) is 30.1 Å². The molecule has 4 nitrogen and oxygen atoms in total. The molecule has 2 aromatic rings. The predicted molar refractivity (Wildman–Crippen MR) is 88.7 cm³/mol. The number of aromatic nitrogens is 1. The number of carbonyl (C=O) groups excluding carboxylic acids is 1. The maximum atomic E-state index is 11.9. The summed E-state index contributed by atoms with van der Waals surface area (Å²) in [4.78, 5) is 15.2. The van der Waals surface area contributed by atoms with Crippen LogP contribution in [0.15, 0.2) is 30.5 Å². The first-order valence-corrected chi connectivity index (χ1v) is 8.61. The number of nitrogens with one attached hydrogen (secondary N) is 3. The monoisotopic (exact) mass is 303 g/mol. The quantitative estimate of drug-likeness (QED) is 0.791. The van der Waals surface area contributed by atoms with E-state index < -0.39 is 0 Å². The molecule has 1 fully saturated rings. The molecule has 0 bridgehead atoms. The minimum Gasteiger partial charge on any atom is -0.361 e. The van der Waals surface area contributed by atoms with Crippen LogP contribution in [0.1, 0.15) is 12.0 Å². The van der Waals surface area contributed by atoms with Crippen LogP contribution in [0.2, 0.25) is 0 Å².